The molecule has 0 spiro atoms. The lowest BCUT2D eigenvalue weighted by atomic mass is 9.98. The molecule has 0 rings (SSSR count). The van der Waals surface area contributed by atoms with Crippen LogP contribution in [0.25, 0.3) is 0 Å². The third-order valence-electron chi connectivity index (χ3n) is 0.585. The Kier molecular flexibility index (Phi) is 3.27. The van der Waals surface area contributed by atoms with Crippen LogP contribution in [0.4, 0.5) is 0 Å². The van der Waals surface area contributed by atoms with Gasteiger partial charge in [0.15, 0.2) is 0 Å². The molecule has 2 radical (unpaired) electrons. The molecular weight excluding hydrogens is 105 g/mol. The van der Waals surface area contributed by atoms with Crippen molar-refractivity contribution in [2.75, 3.05) is 6.61 Å². The number of hydrogen-bond acceptors (Lipinski definition) is 2. The van der Waals surface area contributed by atoms with Gasteiger partial charge in [-0.15, -0.1) is 0 Å². The SMILES string of the molecule is [B][C@@H](CO)NC(C)=O. The average Bonchev–Trinajstić information content (AvgIpc) is 1.65. The second-order valence-electron chi connectivity index (χ2n) is 1.49. The lowest BCUT2D eigenvalue weighted by Gasteiger charge is -2.06. The summed E-state index contributed by atoms with van der Waals surface area (Å²) in [6, 6.07) is 0. The predicted molar refractivity (Wildman–Crippen MR) is 30.4 cm³/mol. The van der Waals surface area contributed by atoms with Crippen molar-refractivity contribution in [2.24, 2.45) is 0 Å². The van der Waals surface area contributed by atoms with Crippen molar-refractivity contribution < 1.29 is 9.90 Å². The summed E-state index contributed by atoms with van der Waals surface area (Å²) >= 11 is 0. The molecule has 2 N–H and O–H groups in total. The summed E-state index contributed by atoms with van der Waals surface area (Å²) in [7, 11) is 5.09. The molecule has 0 heterocycles. The molecule has 0 saturated carbocycles. The molecule has 0 aromatic rings. The zero-order chi connectivity index (χ0) is 6.57. The molecular formula is C4H8BNO2. The molecule has 0 bridgehead atoms. The quantitative estimate of drug-likeness (QED) is 0.433. The summed E-state index contributed by atoms with van der Waals surface area (Å²) in [5.74, 6) is -0.848. The van der Waals surface area contributed by atoms with Crippen LogP contribution in [0.1, 0.15) is 6.92 Å². The maximum absolute atomic E-state index is 10.1. The van der Waals surface area contributed by atoms with Crippen LogP contribution in [0.15, 0.2) is 0 Å². The molecule has 8 heavy (non-hydrogen) atoms. The number of hydrogen-bond donors (Lipinski definition) is 2. The molecule has 0 aliphatic heterocycles. The molecule has 0 aliphatic rings. The summed E-state index contributed by atoms with van der Waals surface area (Å²) in [6.07, 6.45) is 0. The van der Waals surface area contributed by atoms with Gasteiger partial charge in [0.05, 0.1) is 6.61 Å². The van der Waals surface area contributed by atoms with E-state index in [-0.39, 0.29) is 12.5 Å². The number of carbonyl (C=O) groups excluding carboxylic acids is 1. The molecule has 0 aromatic carbocycles. The Bertz CT molecular complexity index is 86.1. The smallest absolute Gasteiger partial charge is 0.216 e. The number of aliphatic hydroxyl groups excluding tert-OH is 1. The molecule has 1 atom stereocenters. The highest BCUT2D eigenvalue weighted by Crippen LogP contribution is 1.69. The number of nitrogens with one attached hydrogen (secondary N) is 1. The summed E-state index contributed by atoms with van der Waals surface area (Å²) in [5.41, 5.74) is 0. The van der Waals surface area contributed by atoms with Gasteiger partial charge in [-0.1, -0.05) is 0 Å². The van der Waals surface area contributed by atoms with Crippen molar-refractivity contribution in [3.63, 3.8) is 0 Å². The molecule has 0 saturated heterocycles. The van der Waals surface area contributed by atoms with Gasteiger partial charge in [0, 0.05) is 12.9 Å². The topological polar surface area (TPSA) is 49.3 Å². The van der Waals surface area contributed by atoms with E-state index in [2.05, 4.69) is 5.32 Å². The van der Waals surface area contributed by atoms with Crippen molar-refractivity contribution in [1.29, 1.82) is 0 Å². The van der Waals surface area contributed by atoms with Gasteiger partial charge < -0.3 is 10.4 Å². The van der Waals surface area contributed by atoms with Crippen LogP contribution < -0.4 is 5.32 Å². The molecule has 0 aromatic heterocycles. The molecule has 0 fully saturated rings. The Morgan fingerprint density at radius 1 is 2.00 bits per heavy atom. The van der Waals surface area contributed by atoms with Gasteiger partial charge in [-0.25, -0.2) is 0 Å². The van der Waals surface area contributed by atoms with E-state index < -0.39 is 5.94 Å². The van der Waals surface area contributed by atoms with E-state index in [1.165, 1.54) is 6.92 Å². The van der Waals surface area contributed by atoms with Crippen molar-refractivity contribution >= 4 is 13.8 Å². The molecule has 44 valence electrons. The minimum absolute atomic E-state index is 0.223. The Morgan fingerprint density at radius 3 is 2.62 bits per heavy atom. The molecule has 1 amide bonds. The number of amides is 1. The summed E-state index contributed by atoms with van der Waals surface area (Å²) in [5, 5.41) is 10.5. The van der Waals surface area contributed by atoms with Crippen molar-refractivity contribution in [1.82, 2.24) is 5.32 Å². The third-order valence-corrected chi connectivity index (χ3v) is 0.585. The maximum Gasteiger partial charge on any atom is 0.216 e. The summed E-state index contributed by atoms with van der Waals surface area (Å²) < 4.78 is 0. The van der Waals surface area contributed by atoms with Gasteiger partial charge >= 0.3 is 0 Å². The van der Waals surface area contributed by atoms with Crippen LogP contribution in [0, 0.1) is 0 Å². The monoisotopic (exact) mass is 113 g/mol. The summed E-state index contributed by atoms with van der Waals surface area (Å²) in [4.78, 5) is 10.1. The zero-order valence-corrected chi connectivity index (χ0v) is 4.72. The third kappa shape index (κ3) is 3.68. The minimum atomic E-state index is -0.618. The van der Waals surface area contributed by atoms with E-state index in [9.17, 15) is 4.79 Å². The lowest BCUT2D eigenvalue weighted by Crippen LogP contribution is -2.35. The first-order valence-electron chi connectivity index (χ1n) is 2.30. The van der Waals surface area contributed by atoms with Gasteiger partial charge in [0.2, 0.25) is 5.91 Å². The number of aliphatic hydroxyl groups is 1. The first kappa shape index (κ1) is 7.49. The Hall–Kier alpha value is -0.505. The standard InChI is InChI=1S/C4H8BNO2/c1-3(8)6-4(5)2-7/h4,7H,2H2,1H3,(H,6,8)/t4-/m1/s1. The van der Waals surface area contributed by atoms with Crippen LogP contribution >= 0.6 is 0 Å². The highest BCUT2D eigenvalue weighted by Gasteiger charge is 1.97. The predicted octanol–water partition coefficient (Wildman–Crippen LogP) is -1.39. The van der Waals surface area contributed by atoms with Crippen molar-refractivity contribution in [3.8, 4) is 0 Å². The fraction of sp³-hybridized carbons (Fsp3) is 0.750. The fourth-order valence-corrected chi connectivity index (χ4v) is 0.307. The highest BCUT2D eigenvalue weighted by molar-refractivity contribution is 6.13. The van der Waals surface area contributed by atoms with E-state index in [1.54, 1.807) is 0 Å². The molecule has 3 nitrogen and oxygen atoms in total. The van der Waals surface area contributed by atoms with Crippen molar-refractivity contribution in [3.05, 3.63) is 0 Å². The average molecular weight is 113 g/mol. The van der Waals surface area contributed by atoms with Gasteiger partial charge in [-0.3, -0.25) is 4.79 Å². The maximum atomic E-state index is 10.1. The van der Waals surface area contributed by atoms with Gasteiger partial charge in [0.1, 0.15) is 7.85 Å². The molecule has 4 heteroatoms. The Balaban J connectivity index is 3.24. The van der Waals surface area contributed by atoms with Gasteiger partial charge in [0.25, 0.3) is 0 Å². The first-order valence-corrected chi connectivity index (χ1v) is 2.30. The highest BCUT2D eigenvalue weighted by atomic mass is 16.3. The van der Waals surface area contributed by atoms with Crippen LogP contribution in [-0.4, -0.2) is 31.4 Å². The minimum Gasteiger partial charge on any atom is -0.395 e. The fourth-order valence-electron chi connectivity index (χ4n) is 0.307. The number of rotatable bonds is 2. The first-order chi connectivity index (χ1) is 3.66. The van der Waals surface area contributed by atoms with E-state index in [1.807, 2.05) is 0 Å². The normalized spacial score (nSPS) is 12.8. The molecule has 0 aliphatic carbocycles. The van der Waals surface area contributed by atoms with Crippen molar-refractivity contribution in [2.45, 2.75) is 12.9 Å². The Labute approximate surface area is 49.5 Å². The van der Waals surface area contributed by atoms with Crippen LogP contribution in [0.5, 0.6) is 0 Å². The zero-order valence-electron chi connectivity index (χ0n) is 4.72. The lowest BCUT2D eigenvalue weighted by molar-refractivity contribution is -0.119. The van der Waals surface area contributed by atoms with E-state index in [0.717, 1.165) is 0 Å². The van der Waals surface area contributed by atoms with Gasteiger partial charge in [-0.05, 0) is 0 Å². The largest absolute Gasteiger partial charge is 0.395 e. The van der Waals surface area contributed by atoms with Crippen LogP contribution in [0.2, 0.25) is 0 Å². The second kappa shape index (κ2) is 3.49. The van der Waals surface area contributed by atoms with Crippen LogP contribution in [0.3, 0.4) is 0 Å². The Morgan fingerprint density at radius 2 is 2.50 bits per heavy atom. The van der Waals surface area contributed by atoms with E-state index in [4.69, 9.17) is 13.0 Å². The van der Waals surface area contributed by atoms with E-state index in [0.29, 0.717) is 0 Å². The van der Waals surface area contributed by atoms with Gasteiger partial charge in [-0.2, -0.15) is 0 Å². The van der Waals surface area contributed by atoms with E-state index >= 15 is 0 Å². The van der Waals surface area contributed by atoms with Crippen LogP contribution in [-0.2, 0) is 4.79 Å². The second-order valence-corrected chi connectivity index (χ2v) is 1.49. The number of carbonyl (C=O) groups is 1. The summed E-state index contributed by atoms with van der Waals surface area (Å²) in [6.45, 7) is 1.12. The molecule has 0 unspecified atom stereocenters.